The van der Waals surface area contributed by atoms with E-state index in [0.717, 1.165) is 30.9 Å². The highest BCUT2D eigenvalue weighted by Crippen LogP contribution is 2.32. The molecule has 2 unspecified atom stereocenters. The molecule has 1 aromatic heterocycles. The maximum Gasteiger partial charge on any atom is 0.334 e. The predicted octanol–water partition coefficient (Wildman–Crippen LogP) is 2.97. The Balaban J connectivity index is 1.90. The van der Waals surface area contributed by atoms with Gasteiger partial charge in [0.25, 0.3) is 5.56 Å². The predicted molar refractivity (Wildman–Crippen MR) is 93.8 cm³/mol. The summed E-state index contributed by atoms with van der Waals surface area (Å²) in [5.74, 6) is 0.226. The molecule has 5 nitrogen and oxygen atoms in total. The highest BCUT2D eigenvalue weighted by atomic mass is 35.5. The normalized spacial score (nSPS) is 20.4. The molecule has 2 atom stereocenters. The molecular weight excluding hydrogens is 328 g/mol. The van der Waals surface area contributed by atoms with Crippen LogP contribution in [-0.4, -0.2) is 14.2 Å². The second kappa shape index (κ2) is 6.85. The molecular formula is C18H21ClN2O3. The number of rotatable bonds is 4. The summed E-state index contributed by atoms with van der Waals surface area (Å²) in [4.78, 5) is 24.9. The maximum absolute atomic E-state index is 12.7. The number of aromatic hydroxyl groups is 1. The van der Waals surface area contributed by atoms with Crippen LogP contribution in [0.1, 0.15) is 37.8 Å². The molecule has 1 aliphatic rings. The average molecular weight is 349 g/mol. The van der Waals surface area contributed by atoms with Gasteiger partial charge in [0, 0.05) is 17.6 Å². The van der Waals surface area contributed by atoms with Crippen LogP contribution in [0.2, 0.25) is 5.02 Å². The Morgan fingerprint density at radius 3 is 2.71 bits per heavy atom. The van der Waals surface area contributed by atoms with Gasteiger partial charge in [0.05, 0.1) is 6.07 Å². The zero-order valence-electron chi connectivity index (χ0n) is 13.6. The molecule has 1 saturated carbocycles. The standard InChI is InChI=1S/C18H21ClN2O3/c1-12-5-6-15(9-12)21-17(23)11-16(22)20(18(21)24)8-7-13-3-2-4-14(19)10-13/h2-4,10-12,15,22H,5-9H2,1H3. The second-order valence-electron chi connectivity index (χ2n) is 6.60. The number of benzene rings is 1. The fourth-order valence-electron chi connectivity index (χ4n) is 3.47. The lowest BCUT2D eigenvalue weighted by atomic mass is 10.1. The van der Waals surface area contributed by atoms with E-state index in [-0.39, 0.29) is 11.9 Å². The first-order valence-electron chi connectivity index (χ1n) is 8.25. The van der Waals surface area contributed by atoms with Gasteiger partial charge in [0.1, 0.15) is 0 Å². The number of nitrogens with zero attached hydrogens (tertiary/aromatic N) is 2. The number of aryl methyl sites for hydroxylation is 1. The lowest BCUT2D eigenvalue weighted by molar-refractivity contribution is 0.371. The fourth-order valence-corrected chi connectivity index (χ4v) is 3.68. The average Bonchev–Trinajstić information content (AvgIpc) is 2.93. The van der Waals surface area contributed by atoms with Crippen LogP contribution in [0.5, 0.6) is 5.88 Å². The highest BCUT2D eigenvalue weighted by Gasteiger charge is 2.26. The number of hydrogen-bond acceptors (Lipinski definition) is 3. The summed E-state index contributed by atoms with van der Waals surface area (Å²) in [7, 11) is 0. The maximum atomic E-state index is 12.7. The van der Waals surface area contributed by atoms with Gasteiger partial charge in [-0.2, -0.15) is 0 Å². The van der Waals surface area contributed by atoms with E-state index in [1.165, 1.54) is 9.13 Å². The molecule has 0 saturated heterocycles. The first kappa shape index (κ1) is 16.8. The van der Waals surface area contributed by atoms with Crippen molar-refractivity contribution in [2.45, 2.75) is 45.2 Å². The van der Waals surface area contributed by atoms with Gasteiger partial charge in [0.15, 0.2) is 0 Å². The van der Waals surface area contributed by atoms with Gasteiger partial charge < -0.3 is 5.11 Å². The van der Waals surface area contributed by atoms with Gasteiger partial charge in [-0.1, -0.05) is 30.7 Å². The third-order valence-electron chi connectivity index (χ3n) is 4.75. The van der Waals surface area contributed by atoms with Crippen molar-refractivity contribution >= 4 is 11.6 Å². The monoisotopic (exact) mass is 348 g/mol. The lowest BCUT2D eigenvalue weighted by Gasteiger charge is -2.16. The minimum atomic E-state index is -0.430. The van der Waals surface area contributed by atoms with E-state index >= 15 is 0 Å². The Labute approximate surface area is 145 Å². The van der Waals surface area contributed by atoms with Crippen molar-refractivity contribution < 1.29 is 5.11 Å². The third-order valence-corrected chi connectivity index (χ3v) is 4.98. The summed E-state index contributed by atoms with van der Waals surface area (Å²) in [6.45, 7) is 2.43. The van der Waals surface area contributed by atoms with Gasteiger partial charge in [0.2, 0.25) is 5.88 Å². The van der Waals surface area contributed by atoms with Crippen LogP contribution in [0.25, 0.3) is 0 Å². The van der Waals surface area contributed by atoms with E-state index in [0.29, 0.717) is 23.9 Å². The molecule has 0 bridgehead atoms. The molecule has 0 spiro atoms. The summed E-state index contributed by atoms with van der Waals surface area (Å²) in [5, 5.41) is 10.7. The number of hydrogen-bond donors (Lipinski definition) is 1. The Kier molecular flexibility index (Phi) is 4.81. The topological polar surface area (TPSA) is 64.2 Å². The fraction of sp³-hybridized carbons (Fsp3) is 0.444. The Bertz CT molecular complexity index is 856. The molecule has 1 aromatic carbocycles. The summed E-state index contributed by atoms with van der Waals surface area (Å²) in [6.07, 6.45) is 3.22. The van der Waals surface area contributed by atoms with E-state index in [9.17, 15) is 14.7 Å². The van der Waals surface area contributed by atoms with Crippen LogP contribution >= 0.6 is 11.6 Å². The van der Waals surface area contributed by atoms with Crippen LogP contribution < -0.4 is 11.2 Å². The van der Waals surface area contributed by atoms with Crippen LogP contribution in [0.15, 0.2) is 39.9 Å². The summed E-state index contributed by atoms with van der Waals surface area (Å²) in [5.41, 5.74) is 0.123. The quantitative estimate of drug-likeness (QED) is 0.923. The van der Waals surface area contributed by atoms with E-state index in [1.807, 2.05) is 18.2 Å². The van der Waals surface area contributed by atoms with E-state index < -0.39 is 11.2 Å². The van der Waals surface area contributed by atoms with Crippen LogP contribution in [-0.2, 0) is 13.0 Å². The highest BCUT2D eigenvalue weighted by molar-refractivity contribution is 6.30. The summed E-state index contributed by atoms with van der Waals surface area (Å²) >= 11 is 5.97. The van der Waals surface area contributed by atoms with Gasteiger partial charge in [-0.3, -0.25) is 13.9 Å². The molecule has 24 heavy (non-hydrogen) atoms. The molecule has 1 fully saturated rings. The third kappa shape index (κ3) is 3.41. The lowest BCUT2D eigenvalue weighted by Crippen LogP contribution is -2.41. The summed E-state index contributed by atoms with van der Waals surface area (Å²) < 4.78 is 2.58. The molecule has 2 aromatic rings. The minimum Gasteiger partial charge on any atom is -0.494 e. The Hall–Kier alpha value is -2.01. The second-order valence-corrected chi connectivity index (χ2v) is 7.03. The molecule has 1 N–H and O–H groups in total. The molecule has 1 aliphatic carbocycles. The van der Waals surface area contributed by atoms with Gasteiger partial charge in [-0.05, 0) is 49.3 Å². The summed E-state index contributed by atoms with van der Waals surface area (Å²) in [6, 6.07) is 8.46. The van der Waals surface area contributed by atoms with Crippen molar-refractivity contribution in [1.82, 2.24) is 9.13 Å². The Morgan fingerprint density at radius 2 is 2.04 bits per heavy atom. The van der Waals surface area contributed by atoms with Crippen molar-refractivity contribution in [3.63, 3.8) is 0 Å². The minimum absolute atomic E-state index is 0.0713. The van der Waals surface area contributed by atoms with E-state index in [1.54, 1.807) is 6.07 Å². The first-order chi connectivity index (χ1) is 11.5. The van der Waals surface area contributed by atoms with Crippen molar-refractivity contribution in [2.24, 2.45) is 5.92 Å². The van der Waals surface area contributed by atoms with Crippen molar-refractivity contribution in [2.75, 3.05) is 0 Å². The van der Waals surface area contributed by atoms with Crippen LogP contribution in [0.3, 0.4) is 0 Å². The molecule has 3 rings (SSSR count). The van der Waals surface area contributed by atoms with Crippen LogP contribution in [0.4, 0.5) is 0 Å². The van der Waals surface area contributed by atoms with Gasteiger partial charge >= 0.3 is 5.69 Å². The molecule has 128 valence electrons. The van der Waals surface area contributed by atoms with Crippen molar-refractivity contribution in [3.05, 3.63) is 61.8 Å². The van der Waals surface area contributed by atoms with Crippen molar-refractivity contribution in [3.8, 4) is 5.88 Å². The zero-order chi connectivity index (χ0) is 17.3. The van der Waals surface area contributed by atoms with E-state index in [4.69, 9.17) is 11.6 Å². The largest absolute Gasteiger partial charge is 0.494 e. The van der Waals surface area contributed by atoms with Gasteiger partial charge in [-0.15, -0.1) is 0 Å². The SMILES string of the molecule is CC1CCC(n2c(=O)cc(O)n(CCc3cccc(Cl)c3)c2=O)C1. The first-order valence-corrected chi connectivity index (χ1v) is 8.63. The molecule has 6 heteroatoms. The zero-order valence-corrected chi connectivity index (χ0v) is 14.4. The number of halogens is 1. The molecule has 0 amide bonds. The van der Waals surface area contributed by atoms with Gasteiger partial charge in [-0.25, -0.2) is 4.79 Å². The van der Waals surface area contributed by atoms with E-state index in [2.05, 4.69) is 6.92 Å². The molecule has 1 heterocycles. The smallest absolute Gasteiger partial charge is 0.334 e. The number of aromatic nitrogens is 2. The Morgan fingerprint density at radius 1 is 1.25 bits per heavy atom. The van der Waals surface area contributed by atoms with Crippen LogP contribution in [0, 0.1) is 5.92 Å². The van der Waals surface area contributed by atoms with Crippen molar-refractivity contribution in [1.29, 1.82) is 0 Å². The molecule has 0 aliphatic heterocycles. The molecule has 0 radical (unpaired) electrons.